The van der Waals surface area contributed by atoms with Gasteiger partial charge in [-0.2, -0.15) is 0 Å². The van der Waals surface area contributed by atoms with Gasteiger partial charge in [0.05, 0.1) is 6.61 Å². The second-order valence-electron chi connectivity index (χ2n) is 3.96. The number of benzene rings is 1. The SMILES string of the molecule is CCOC(=O)COc1cccc(NC(=O)c2ccon2)c1. The minimum absolute atomic E-state index is 0.174. The largest absolute Gasteiger partial charge is 0.482 e. The third-order valence-corrected chi connectivity index (χ3v) is 2.42. The molecule has 1 N–H and O–H groups in total. The molecule has 0 saturated heterocycles. The molecule has 2 aromatic rings. The van der Waals surface area contributed by atoms with Crippen molar-refractivity contribution in [3.63, 3.8) is 0 Å². The van der Waals surface area contributed by atoms with Crippen LogP contribution in [0.25, 0.3) is 0 Å². The molecular weight excluding hydrogens is 276 g/mol. The third kappa shape index (κ3) is 4.34. The molecule has 0 bridgehead atoms. The number of ether oxygens (including phenoxy) is 2. The first kappa shape index (κ1) is 14.6. The fourth-order valence-electron chi connectivity index (χ4n) is 1.53. The highest BCUT2D eigenvalue weighted by Gasteiger charge is 2.10. The summed E-state index contributed by atoms with van der Waals surface area (Å²) < 4.78 is 14.6. The van der Waals surface area contributed by atoms with Crippen molar-refractivity contribution in [2.24, 2.45) is 0 Å². The lowest BCUT2D eigenvalue weighted by Crippen LogP contribution is -2.15. The lowest BCUT2D eigenvalue weighted by Gasteiger charge is -2.08. The molecule has 2 rings (SSSR count). The van der Waals surface area contributed by atoms with E-state index in [9.17, 15) is 9.59 Å². The Morgan fingerprint density at radius 1 is 1.33 bits per heavy atom. The first-order chi connectivity index (χ1) is 10.2. The van der Waals surface area contributed by atoms with Gasteiger partial charge in [-0.1, -0.05) is 11.2 Å². The molecule has 1 heterocycles. The van der Waals surface area contributed by atoms with Gasteiger partial charge in [0.25, 0.3) is 5.91 Å². The molecule has 110 valence electrons. The summed E-state index contributed by atoms with van der Waals surface area (Å²) in [6.07, 6.45) is 1.31. The van der Waals surface area contributed by atoms with Crippen LogP contribution in [0.1, 0.15) is 17.4 Å². The molecule has 0 unspecified atom stereocenters. The molecule has 7 nitrogen and oxygen atoms in total. The maximum atomic E-state index is 11.8. The van der Waals surface area contributed by atoms with Crippen LogP contribution in [-0.4, -0.2) is 30.2 Å². The number of amides is 1. The highest BCUT2D eigenvalue weighted by Crippen LogP contribution is 2.18. The van der Waals surface area contributed by atoms with Crippen LogP contribution < -0.4 is 10.1 Å². The number of carbonyl (C=O) groups is 2. The monoisotopic (exact) mass is 290 g/mol. The molecule has 1 amide bonds. The lowest BCUT2D eigenvalue weighted by atomic mass is 10.3. The predicted octanol–water partition coefficient (Wildman–Crippen LogP) is 1.87. The van der Waals surface area contributed by atoms with E-state index < -0.39 is 11.9 Å². The summed E-state index contributed by atoms with van der Waals surface area (Å²) >= 11 is 0. The lowest BCUT2D eigenvalue weighted by molar-refractivity contribution is -0.145. The van der Waals surface area contributed by atoms with Gasteiger partial charge in [-0.3, -0.25) is 4.79 Å². The van der Waals surface area contributed by atoms with Crippen molar-refractivity contribution >= 4 is 17.6 Å². The maximum Gasteiger partial charge on any atom is 0.344 e. The van der Waals surface area contributed by atoms with Gasteiger partial charge in [-0.25, -0.2) is 4.79 Å². The Labute approximate surface area is 120 Å². The van der Waals surface area contributed by atoms with Gasteiger partial charge in [0.1, 0.15) is 12.0 Å². The zero-order chi connectivity index (χ0) is 15.1. The summed E-state index contributed by atoms with van der Waals surface area (Å²) in [6.45, 7) is 1.84. The quantitative estimate of drug-likeness (QED) is 0.817. The van der Waals surface area contributed by atoms with E-state index in [0.717, 1.165) is 0 Å². The van der Waals surface area contributed by atoms with Crippen LogP contribution in [0.2, 0.25) is 0 Å². The molecule has 0 aliphatic carbocycles. The average molecular weight is 290 g/mol. The van der Waals surface area contributed by atoms with Crippen molar-refractivity contribution in [1.82, 2.24) is 5.16 Å². The zero-order valence-electron chi connectivity index (χ0n) is 11.4. The van der Waals surface area contributed by atoms with Crippen LogP contribution >= 0.6 is 0 Å². The third-order valence-electron chi connectivity index (χ3n) is 2.42. The molecule has 0 radical (unpaired) electrons. The number of hydrogen-bond donors (Lipinski definition) is 1. The Hall–Kier alpha value is -2.83. The van der Waals surface area contributed by atoms with Crippen LogP contribution in [0.15, 0.2) is 41.1 Å². The Morgan fingerprint density at radius 3 is 2.90 bits per heavy atom. The molecule has 0 spiro atoms. The first-order valence-corrected chi connectivity index (χ1v) is 6.29. The van der Waals surface area contributed by atoms with Crippen molar-refractivity contribution in [3.05, 3.63) is 42.3 Å². The van der Waals surface area contributed by atoms with Gasteiger partial charge in [-0.15, -0.1) is 0 Å². The summed E-state index contributed by atoms with van der Waals surface area (Å²) in [5.74, 6) is -0.401. The Bertz CT molecular complexity index is 610. The van der Waals surface area contributed by atoms with Crippen molar-refractivity contribution < 1.29 is 23.6 Å². The smallest absolute Gasteiger partial charge is 0.344 e. The number of aromatic nitrogens is 1. The molecule has 7 heteroatoms. The number of carbonyl (C=O) groups excluding carboxylic acids is 2. The molecular formula is C14H14N2O5. The highest BCUT2D eigenvalue weighted by molar-refractivity contribution is 6.02. The van der Waals surface area contributed by atoms with Gasteiger partial charge in [0.2, 0.25) is 0 Å². The first-order valence-electron chi connectivity index (χ1n) is 6.29. The highest BCUT2D eigenvalue weighted by atomic mass is 16.6. The topological polar surface area (TPSA) is 90.7 Å². The minimum Gasteiger partial charge on any atom is -0.482 e. The molecule has 0 saturated carbocycles. The number of rotatable bonds is 6. The van der Waals surface area contributed by atoms with E-state index in [1.54, 1.807) is 31.2 Å². The van der Waals surface area contributed by atoms with Gasteiger partial charge in [0, 0.05) is 17.8 Å². The van der Waals surface area contributed by atoms with Crippen LogP contribution in [0.4, 0.5) is 5.69 Å². The fourth-order valence-corrected chi connectivity index (χ4v) is 1.53. The van der Waals surface area contributed by atoms with Gasteiger partial charge in [0.15, 0.2) is 12.3 Å². The van der Waals surface area contributed by atoms with E-state index in [1.165, 1.54) is 12.3 Å². The van der Waals surface area contributed by atoms with E-state index in [-0.39, 0.29) is 12.3 Å². The average Bonchev–Trinajstić information content (AvgIpc) is 3.00. The van der Waals surface area contributed by atoms with E-state index in [0.29, 0.717) is 18.0 Å². The second-order valence-corrected chi connectivity index (χ2v) is 3.96. The van der Waals surface area contributed by atoms with Crippen molar-refractivity contribution in [2.75, 3.05) is 18.5 Å². The van der Waals surface area contributed by atoms with Gasteiger partial charge < -0.3 is 19.3 Å². The summed E-state index contributed by atoms with van der Waals surface area (Å²) in [5.41, 5.74) is 0.692. The normalized spacial score (nSPS) is 9.95. The van der Waals surface area contributed by atoms with E-state index in [1.807, 2.05) is 0 Å². The molecule has 0 atom stereocenters. The number of nitrogens with zero attached hydrogens (tertiary/aromatic N) is 1. The number of hydrogen-bond acceptors (Lipinski definition) is 6. The van der Waals surface area contributed by atoms with E-state index in [4.69, 9.17) is 9.47 Å². The molecule has 0 aliphatic heterocycles. The number of esters is 1. The molecule has 0 fully saturated rings. The summed E-state index contributed by atoms with van der Waals surface area (Å²) in [7, 11) is 0. The van der Waals surface area contributed by atoms with Gasteiger partial charge >= 0.3 is 5.97 Å². The summed E-state index contributed by atoms with van der Waals surface area (Å²) in [4.78, 5) is 23.0. The van der Waals surface area contributed by atoms with E-state index >= 15 is 0 Å². The van der Waals surface area contributed by atoms with Crippen LogP contribution in [0, 0.1) is 0 Å². The predicted molar refractivity (Wildman–Crippen MR) is 73.0 cm³/mol. The Morgan fingerprint density at radius 2 is 2.19 bits per heavy atom. The zero-order valence-corrected chi connectivity index (χ0v) is 11.4. The molecule has 1 aromatic heterocycles. The Kier molecular flexibility index (Phi) is 4.92. The molecule has 21 heavy (non-hydrogen) atoms. The molecule has 0 aliphatic rings. The van der Waals surface area contributed by atoms with Crippen molar-refractivity contribution in [2.45, 2.75) is 6.92 Å². The Balaban J connectivity index is 1.94. The maximum absolute atomic E-state index is 11.8. The standard InChI is InChI=1S/C14H14N2O5/c1-2-19-13(17)9-20-11-5-3-4-10(8-11)15-14(18)12-6-7-21-16-12/h3-8H,2,9H2,1H3,(H,15,18). The number of nitrogens with one attached hydrogen (secondary N) is 1. The summed E-state index contributed by atoms with van der Waals surface area (Å²) in [6, 6.07) is 8.10. The second kappa shape index (κ2) is 7.09. The van der Waals surface area contributed by atoms with Gasteiger partial charge in [-0.05, 0) is 19.1 Å². The summed E-state index contributed by atoms with van der Waals surface area (Å²) in [5, 5.41) is 6.18. The van der Waals surface area contributed by atoms with Crippen LogP contribution in [0.5, 0.6) is 5.75 Å². The minimum atomic E-state index is -0.450. The molecule has 1 aromatic carbocycles. The van der Waals surface area contributed by atoms with Crippen molar-refractivity contribution in [3.8, 4) is 5.75 Å². The fraction of sp³-hybridized carbons (Fsp3) is 0.214. The van der Waals surface area contributed by atoms with Crippen LogP contribution in [0.3, 0.4) is 0 Å². The van der Waals surface area contributed by atoms with E-state index in [2.05, 4.69) is 15.0 Å². The van der Waals surface area contributed by atoms with Crippen LogP contribution in [-0.2, 0) is 9.53 Å². The number of anilines is 1. The van der Waals surface area contributed by atoms with Crippen molar-refractivity contribution in [1.29, 1.82) is 0 Å².